The van der Waals surface area contributed by atoms with E-state index in [1.54, 1.807) is 14.0 Å². The van der Waals surface area contributed by atoms with Crippen molar-refractivity contribution in [2.75, 3.05) is 20.3 Å². The summed E-state index contributed by atoms with van der Waals surface area (Å²) in [5.41, 5.74) is 1.31. The molecule has 27 heavy (non-hydrogen) atoms. The number of nitrogens with one attached hydrogen (secondary N) is 1. The molecule has 0 aliphatic rings. The highest BCUT2D eigenvalue weighted by Crippen LogP contribution is 2.26. The Bertz CT molecular complexity index is 735. The number of para-hydroxylation sites is 2. The standard InChI is InChI=1S/C22H29NO4/c1-16(27-18-12-10-17(11-13-18)22(2,3)4)21(24)23-14-15-26-20-9-7-6-8-19(20)25-5/h6-13,16H,14-15H2,1-5H3,(H,23,24)/t16-/m0/s1. The number of benzene rings is 2. The van der Waals surface area contributed by atoms with Crippen LogP contribution >= 0.6 is 0 Å². The van der Waals surface area contributed by atoms with E-state index in [0.29, 0.717) is 30.4 Å². The van der Waals surface area contributed by atoms with Crippen molar-refractivity contribution in [3.63, 3.8) is 0 Å². The van der Waals surface area contributed by atoms with Crippen LogP contribution < -0.4 is 19.5 Å². The van der Waals surface area contributed by atoms with Crippen molar-refractivity contribution in [1.29, 1.82) is 0 Å². The molecule has 0 aromatic heterocycles. The van der Waals surface area contributed by atoms with E-state index in [2.05, 4.69) is 26.1 Å². The summed E-state index contributed by atoms with van der Waals surface area (Å²) >= 11 is 0. The lowest BCUT2D eigenvalue weighted by atomic mass is 9.87. The van der Waals surface area contributed by atoms with Crippen LogP contribution in [0.5, 0.6) is 17.2 Å². The van der Waals surface area contributed by atoms with Gasteiger partial charge >= 0.3 is 0 Å². The number of hydrogen-bond donors (Lipinski definition) is 1. The third-order valence-corrected chi connectivity index (χ3v) is 4.13. The minimum atomic E-state index is -0.586. The first-order valence-corrected chi connectivity index (χ1v) is 9.12. The van der Waals surface area contributed by atoms with Crippen LogP contribution in [0.4, 0.5) is 0 Å². The minimum absolute atomic E-state index is 0.0863. The second-order valence-electron chi connectivity index (χ2n) is 7.32. The molecule has 0 fully saturated rings. The van der Waals surface area contributed by atoms with Crippen molar-refractivity contribution < 1.29 is 19.0 Å². The number of carbonyl (C=O) groups is 1. The zero-order valence-corrected chi connectivity index (χ0v) is 16.7. The lowest BCUT2D eigenvalue weighted by Crippen LogP contribution is -2.38. The number of rotatable bonds is 8. The van der Waals surface area contributed by atoms with Crippen LogP contribution in [0.25, 0.3) is 0 Å². The molecule has 1 atom stereocenters. The van der Waals surface area contributed by atoms with Crippen molar-refractivity contribution in [3.05, 3.63) is 54.1 Å². The molecule has 146 valence electrons. The molecule has 2 rings (SSSR count). The SMILES string of the molecule is COc1ccccc1OCCNC(=O)[C@H](C)Oc1ccc(C(C)(C)C)cc1. The molecule has 2 aromatic carbocycles. The fourth-order valence-corrected chi connectivity index (χ4v) is 2.51. The maximum absolute atomic E-state index is 12.2. The monoisotopic (exact) mass is 371 g/mol. The molecule has 5 heteroatoms. The molecule has 5 nitrogen and oxygen atoms in total. The molecule has 0 saturated heterocycles. The first kappa shape index (κ1) is 20.6. The molecule has 0 aliphatic carbocycles. The zero-order valence-electron chi connectivity index (χ0n) is 16.7. The predicted octanol–water partition coefficient (Wildman–Crippen LogP) is 3.96. The number of ether oxygens (including phenoxy) is 3. The molecule has 0 spiro atoms. The van der Waals surface area contributed by atoms with Crippen molar-refractivity contribution in [2.45, 2.75) is 39.2 Å². The second-order valence-corrected chi connectivity index (χ2v) is 7.32. The Morgan fingerprint density at radius 1 is 1.04 bits per heavy atom. The molecular weight excluding hydrogens is 342 g/mol. The van der Waals surface area contributed by atoms with E-state index in [1.807, 2.05) is 48.5 Å². The van der Waals surface area contributed by atoms with E-state index in [9.17, 15) is 4.79 Å². The van der Waals surface area contributed by atoms with Gasteiger partial charge in [0.15, 0.2) is 17.6 Å². The number of hydrogen-bond acceptors (Lipinski definition) is 4. The second kappa shape index (κ2) is 9.31. The van der Waals surface area contributed by atoms with Gasteiger partial charge in [-0.25, -0.2) is 0 Å². The molecule has 0 unspecified atom stereocenters. The van der Waals surface area contributed by atoms with Crippen LogP contribution in [0.2, 0.25) is 0 Å². The fraction of sp³-hybridized carbons (Fsp3) is 0.409. The number of amides is 1. The highest BCUT2D eigenvalue weighted by molar-refractivity contribution is 5.80. The van der Waals surface area contributed by atoms with E-state index in [4.69, 9.17) is 14.2 Å². The van der Waals surface area contributed by atoms with Crippen LogP contribution in [0.1, 0.15) is 33.3 Å². The average molecular weight is 371 g/mol. The molecule has 1 N–H and O–H groups in total. The summed E-state index contributed by atoms with van der Waals surface area (Å²) in [6, 6.07) is 15.3. The van der Waals surface area contributed by atoms with Gasteiger partial charge in [0.2, 0.25) is 0 Å². The Hall–Kier alpha value is -2.69. The normalized spacial score (nSPS) is 12.2. The van der Waals surface area contributed by atoms with Gasteiger partial charge in [0.25, 0.3) is 5.91 Å². The van der Waals surface area contributed by atoms with E-state index < -0.39 is 6.10 Å². The van der Waals surface area contributed by atoms with E-state index in [1.165, 1.54) is 5.56 Å². The summed E-state index contributed by atoms with van der Waals surface area (Å²) in [7, 11) is 1.59. The average Bonchev–Trinajstić information content (AvgIpc) is 2.65. The molecular formula is C22H29NO4. The van der Waals surface area contributed by atoms with Crippen LogP contribution in [0.15, 0.2) is 48.5 Å². The Morgan fingerprint density at radius 2 is 1.67 bits per heavy atom. The Morgan fingerprint density at radius 3 is 2.26 bits per heavy atom. The Kier molecular flexibility index (Phi) is 7.11. The van der Waals surface area contributed by atoms with Crippen molar-refractivity contribution in [2.24, 2.45) is 0 Å². The van der Waals surface area contributed by atoms with Gasteiger partial charge in [0.1, 0.15) is 12.4 Å². The smallest absolute Gasteiger partial charge is 0.260 e. The van der Waals surface area contributed by atoms with Gasteiger partial charge in [0, 0.05) is 0 Å². The summed E-state index contributed by atoms with van der Waals surface area (Å²) in [5, 5.41) is 2.82. The molecule has 0 bridgehead atoms. The van der Waals surface area contributed by atoms with Crippen molar-refractivity contribution in [1.82, 2.24) is 5.32 Å². The van der Waals surface area contributed by atoms with Crippen LogP contribution in [0, 0.1) is 0 Å². The first-order chi connectivity index (χ1) is 12.8. The summed E-state index contributed by atoms with van der Waals surface area (Å²) in [4.78, 5) is 12.2. The zero-order chi connectivity index (χ0) is 19.9. The largest absolute Gasteiger partial charge is 0.493 e. The lowest BCUT2D eigenvalue weighted by molar-refractivity contribution is -0.127. The van der Waals surface area contributed by atoms with E-state index >= 15 is 0 Å². The van der Waals surface area contributed by atoms with Gasteiger partial charge in [-0.1, -0.05) is 45.0 Å². The highest BCUT2D eigenvalue weighted by atomic mass is 16.5. The summed E-state index contributed by atoms with van der Waals surface area (Å²) in [6.07, 6.45) is -0.586. The molecule has 0 saturated carbocycles. The molecule has 0 heterocycles. The quantitative estimate of drug-likeness (QED) is 0.714. The van der Waals surface area contributed by atoms with Crippen LogP contribution in [0.3, 0.4) is 0 Å². The van der Waals surface area contributed by atoms with E-state index in [-0.39, 0.29) is 11.3 Å². The number of carbonyl (C=O) groups excluding carboxylic acids is 1. The molecule has 1 amide bonds. The lowest BCUT2D eigenvalue weighted by Gasteiger charge is -2.20. The fourth-order valence-electron chi connectivity index (χ4n) is 2.51. The maximum Gasteiger partial charge on any atom is 0.260 e. The molecule has 0 radical (unpaired) electrons. The van der Waals surface area contributed by atoms with Gasteiger partial charge in [0.05, 0.1) is 13.7 Å². The van der Waals surface area contributed by atoms with Gasteiger partial charge in [-0.2, -0.15) is 0 Å². The third kappa shape index (κ3) is 6.20. The van der Waals surface area contributed by atoms with Gasteiger partial charge < -0.3 is 19.5 Å². The van der Waals surface area contributed by atoms with Gasteiger partial charge in [-0.05, 0) is 42.2 Å². The Labute approximate surface area is 161 Å². The summed E-state index contributed by atoms with van der Waals surface area (Å²) in [6.45, 7) is 8.94. The summed E-state index contributed by atoms with van der Waals surface area (Å²) in [5.74, 6) is 1.81. The maximum atomic E-state index is 12.2. The minimum Gasteiger partial charge on any atom is -0.493 e. The van der Waals surface area contributed by atoms with Gasteiger partial charge in [-0.15, -0.1) is 0 Å². The molecule has 2 aromatic rings. The highest BCUT2D eigenvalue weighted by Gasteiger charge is 2.16. The van der Waals surface area contributed by atoms with Crippen LogP contribution in [-0.4, -0.2) is 32.3 Å². The topological polar surface area (TPSA) is 56.8 Å². The first-order valence-electron chi connectivity index (χ1n) is 9.12. The van der Waals surface area contributed by atoms with Crippen LogP contribution in [-0.2, 0) is 10.2 Å². The van der Waals surface area contributed by atoms with E-state index in [0.717, 1.165) is 0 Å². The van der Waals surface area contributed by atoms with Crippen molar-refractivity contribution in [3.8, 4) is 17.2 Å². The van der Waals surface area contributed by atoms with Gasteiger partial charge in [-0.3, -0.25) is 4.79 Å². The predicted molar refractivity (Wildman–Crippen MR) is 107 cm³/mol. The Balaban J connectivity index is 1.77. The third-order valence-electron chi connectivity index (χ3n) is 4.13. The summed E-state index contributed by atoms with van der Waals surface area (Å²) < 4.78 is 16.6. The van der Waals surface area contributed by atoms with Crippen molar-refractivity contribution >= 4 is 5.91 Å². The molecule has 0 aliphatic heterocycles. The number of methoxy groups -OCH3 is 1.